The van der Waals surface area contributed by atoms with Gasteiger partial charge in [0.25, 0.3) is 0 Å². The van der Waals surface area contributed by atoms with Crippen molar-refractivity contribution in [3.05, 3.63) is 34.8 Å². The Labute approximate surface area is 151 Å². The van der Waals surface area contributed by atoms with Crippen LogP contribution >= 0.6 is 15.9 Å². The summed E-state index contributed by atoms with van der Waals surface area (Å²) in [6.07, 6.45) is 4.19. The fraction of sp³-hybridized carbons (Fsp3) is 0.529. The van der Waals surface area contributed by atoms with Crippen molar-refractivity contribution >= 4 is 27.7 Å². The molecule has 6 nitrogen and oxygen atoms in total. The van der Waals surface area contributed by atoms with E-state index in [9.17, 15) is 0 Å². The van der Waals surface area contributed by atoms with Crippen molar-refractivity contribution in [1.82, 2.24) is 14.9 Å². The molecule has 0 N–H and O–H groups in total. The average molecular weight is 394 g/mol. The van der Waals surface area contributed by atoms with Crippen molar-refractivity contribution < 1.29 is 4.42 Å². The van der Waals surface area contributed by atoms with E-state index in [0.717, 1.165) is 41.8 Å². The highest BCUT2D eigenvalue weighted by molar-refractivity contribution is 9.10. The first-order chi connectivity index (χ1) is 11.5. The van der Waals surface area contributed by atoms with Crippen molar-refractivity contribution in [3.63, 3.8) is 0 Å². The maximum absolute atomic E-state index is 5.64. The van der Waals surface area contributed by atoms with Crippen LogP contribution in [0.4, 0.5) is 11.8 Å². The number of hydrogen-bond acceptors (Lipinski definition) is 6. The zero-order valence-corrected chi connectivity index (χ0v) is 16.0. The zero-order valence-electron chi connectivity index (χ0n) is 14.4. The van der Waals surface area contributed by atoms with Crippen LogP contribution in [0.2, 0.25) is 0 Å². The monoisotopic (exact) mass is 393 g/mol. The van der Waals surface area contributed by atoms with Crippen molar-refractivity contribution in [1.29, 1.82) is 0 Å². The Morgan fingerprint density at radius 1 is 1.29 bits per heavy atom. The van der Waals surface area contributed by atoms with Crippen LogP contribution in [0.25, 0.3) is 0 Å². The van der Waals surface area contributed by atoms with E-state index in [1.54, 1.807) is 0 Å². The van der Waals surface area contributed by atoms with Gasteiger partial charge in [-0.3, -0.25) is 4.90 Å². The molecule has 130 valence electrons. The number of anilines is 2. The van der Waals surface area contributed by atoms with E-state index < -0.39 is 0 Å². The highest BCUT2D eigenvalue weighted by Crippen LogP contribution is 2.23. The molecule has 3 heterocycles. The van der Waals surface area contributed by atoms with E-state index >= 15 is 0 Å². The van der Waals surface area contributed by atoms with E-state index in [4.69, 9.17) is 4.42 Å². The van der Waals surface area contributed by atoms with Gasteiger partial charge in [-0.25, -0.2) is 4.98 Å². The molecule has 7 heteroatoms. The summed E-state index contributed by atoms with van der Waals surface area (Å²) in [5.74, 6) is 2.72. The van der Waals surface area contributed by atoms with Crippen LogP contribution in [-0.4, -0.2) is 55.1 Å². The Bertz CT molecular complexity index is 675. The highest BCUT2D eigenvalue weighted by atomic mass is 79.9. The molecule has 2 aromatic heterocycles. The van der Waals surface area contributed by atoms with Gasteiger partial charge in [0.2, 0.25) is 5.95 Å². The first-order valence-corrected chi connectivity index (χ1v) is 9.02. The summed E-state index contributed by atoms with van der Waals surface area (Å²) in [6, 6.07) is 6.41. The number of nitrogens with zero attached hydrogens (tertiary/aromatic N) is 5. The van der Waals surface area contributed by atoms with Crippen molar-refractivity contribution in [2.45, 2.75) is 25.4 Å². The number of likely N-dealkylation sites (tertiary alicyclic amines) is 1. The molecule has 1 aliphatic heterocycles. The average Bonchev–Trinajstić information content (AvgIpc) is 2.99. The molecule has 1 atom stereocenters. The lowest BCUT2D eigenvalue weighted by Crippen LogP contribution is -2.46. The molecule has 0 saturated carbocycles. The predicted octanol–water partition coefficient (Wildman–Crippen LogP) is 3.00. The van der Waals surface area contributed by atoms with E-state index in [-0.39, 0.29) is 0 Å². The van der Waals surface area contributed by atoms with Crippen LogP contribution < -0.4 is 9.80 Å². The molecule has 0 spiro atoms. The molecule has 1 aliphatic rings. The van der Waals surface area contributed by atoms with Crippen molar-refractivity contribution in [3.8, 4) is 0 Å². The number of aromatic nitrogens is 2. The summed E-state index contributed by atoms with van der Waals surface area (Å²) >= 11 is 3.37. The van der Waals surface area contributed by atoms with Crippen LogP contribution in [0.5, 0.6) is 0 Å². The maximum atomic E-state index is 5.64. The Morgan fingerprint density at radius 3 is 2.83 bits per heavy atom. The fourth-order valence-electron chi connectivity index (χ4n) is 3.09. The van der Waals surface area contributed by atoms with Crippen LogP contribution in [0.3, 0.4) is 0 Å². The molecule has 3 rings (SSSR count). The van der Waals surface area contributed by atoms with Crippen molar-refractivity contribution in [2.24, 2.45) is 0 Å². The van der Waals surface area contributed by atoms with Gasteiger partial charge in [-0.2, -0.15) is 4.98 Å². The number of piperidine rings is 1. The zero-order chi connectivity index (χ0) is 17.1. The number of furan rings is 1. The van der Waals surface area contributed by atoms with E-state index in [0.29, 0.717) is 6.04 Å². The Hall–Kier alpha value is -1.60. The Morgan fingerprint density at radius 2 is 2.12 bits per heavy atom. The van der Waals surface area contributed by atoms with Gasteiger partial charge in [-0.15, -0.1) is 0 Å². The van der Waals surface area contributed by atoms with Gasteiger partial charge in [0.1, 0.15) is 11.6 Å². The first-order valence-electron chi connectivity index (χ1n) is 8.22. The topological polar surface area (TPSA) is 48.6 Å². The minimum absolute atomic E-state index is 0.446. The molecular formula is C17H24BrN5O. The van der Waals surface area contributed by atoms with Gasteiger partial charge in [-0.05, 0) is 53.5 Å². The fourth-order valence-corrected chi connectivity index (χ4v) is 3.43. The number of hydrogen-bond donors (Lipinski definition) is 0. The van der Waals surface area contributed by atoms with Crippen LogP contribution in [0.15, 0.2) is 33.5 Å². The Balaban J connectivity index is 1.66. The highest BCUT2D eigenvalue weighted by Gasteiger charge is 2.25. The third kappa shape index (κ3) is 4.08. The summed E-state index contributed by atoms with van der Waals surface area (Å²) < 4.78 is 6.44. The SMILES string of the molecule is CN(C)c1nccc(N(C)C2CCCN(Cc3ccc(Br)o3)C2)n1. The van der Waals surface area contributed by atoms with Gasteiger partial charge in [0.15, 0.2) is 4.67 Å². The van der Waals surface area contributed by atoms with E-state index in [1.807, 2.05) is 43.4 Å². The van der Waals surface area contributed by atoms with E-state index in [1.165, 1.54) is 12.8 Å². The summed E-state index contributed by atoms with van der Waals surface area (Å²) in [6.45, 7) is 2.97. The molecule has 24 heavy (non-hydrogen) atoms. The second-order valence-corrected chi connectivity index (χ2v) is 7.24. The molecule has 0 amide bonds. The third-order valence-corrected chi connectivity index (χ3v) is 4.85. The minimum atomic E-state index is 0.446. The van der Waals surface area contributed by atoms with Crippen LogP contribution in [0, 0.1) is 0 Å². The third-order valence-electron chi connectivity index (χ3n) is 4.43. The van der Waals surface area contributed by atoms with Gasteiger partial charge >= 0.3 is 0 Å². The standard InChI is InChI=1S/C17H24BrN5O/c1-21(2)17-19-9-8-16(20-17)22(3)13-5-4-10-23(11-13)12-14-6-7-15(18)24-14/h6-9,13H,4-5,10-12H2,1-3H3. The number of halogens is 1. The van der Waals surface area contributed by atoms with Gasteiger partial charge < -0.3 is 14.2 Å². The van der Waals surface area contributed by atoms with Crippen LogP contribution in [-0.2, 0) is 6.54 Å². The normalized spacial score (nSPS) is 18.6. The van der Waals surface area contributed by atoms with Crippen molar-refractivity contribution in [2.75, 3.05) is 44.0 Å². The smallest absolute Gasteiger partial charge is 0.226 e. The number of rotatable bonds is 5. The quantitative estimate of drug-likeness (QED) is 0.777. The summed E-state index contributed by atoms with van der Waals surface area (Å²) in [7, 11) is 6.05. The minimum Gasteiger partial charge on any atom is -0.453 e. The summed E-state index contributed by atoms with van der Waals surface area (Å²) in [5.41, 5.74) is 0. The maximum Gasteiger partial charge on any atom is 0.226 e. The Kier molecular flexibility index (Phi) is 5.40. The molecule has 1 fully saturated rings. The molecule has 0 aliphatic carbocycles. The van der Waals surface area contributed by atoms with Gasteiger partial charge in [0.05, 0.1) is 6.54 Å². The lowest BCUT2D eigenvalue weighted by Gasteiger charge is -2.38. The van der Waals surface area contributed by atoms with Gasteiger partial charge in [0, 0.05) is 39.9 Å². The molecular weight excluding hydrogens is 370 g/mol. The summed E-state index contributed by atoms with van der Waals surface area (Å²) in [4.78, 5) is 15.6. The first kappa shape index (κ1) is 17.2. The second-order valence-electron chi connectivity index (χ2n) is 6.46. The molecule has 1 unspecified atom stereocenters. The molecule has 0 aromatic carbocycles. The number of likely N-dealkylation sites (N-methyl/N-ethyl adjacent to an activating group) is 1. The molecule has 0 radical (unpaired) electrons. The van der Waals surface area contributed by atoms with E-state index in [2.05, 4.69) is 42.7 Å². The molecule has 1 saturated heterocycles. The predicted molar refractivity (Wildman–Crippen MR) is 99.5 cm³/mol. The lowest BCUT2D eigenvalue weighted by atomic mass is 10.0. The lowest BCUT2D eigenvalue weighted by molar-refractivity contribution is 0.184. The van der Waals surface area contributed by atoms with Crippen LogP contribution in [0.1, 0.15) is 18.6 Å². The van der Waals surface area contributed by atoms with Gasteiger partial charge in [-0.1, -0.05) is 0 Å². The summed E-state index contributed by atoms with van der Waals surface area (Å²) in [5, 5.41) is 0. The second kappa shape index (κ2) is 7.53. The largest absolute Gasteiger partial charge is 0.453 e. The molecule has 0 bridgehead atoms. The molecule has 2 aromatic rings.